The minimum atomic E-state index is -0.282. The monoisotopic (exact) mass is 246 g/mol. The highest BCUT2D eigenvalue weighted by Crippen LogP contribution is 2.32. The Morgan fingerprint density at radius 3 is 2.44 bits per heavy atom. The second kappa shape index (κ2) is 4.96. The van der Waals surface area contributed by atoms with E-state index in [9.17, 15) is 4.39 Å². The van der Waals surface area contributed by atoms with Gasteiger partial charge in [-0.3, -0.25) is 0 Å². The summed E-state index contributed by atoms with van der Waals surface area (Å²) in [5, 5.41) is 0. The molecule has 0 saturated carbocycles. The molecule has 2 rings (SSSR count). The van der Waals surface area contributed by atoms with Gasteiger partial charge in [0.1, 0.15) is 11.6 Å². The molecule has 2 N–H and O–H groups in total. The number of hydrogen-bond acceptors (Lipinski definition) is 3. The van der Waals surface area contributed by atoms with E-state index in [0.29, 0.717) is 17.1 Å². The third-order valence-electron chi connectivity index (χ3n) is 2.81. The van der Waals surface area contributed by atoms with Gasteiger partial charge in [0.05, 0.1) is 24.2 Å². The first-order valence-corrected chi connectivity index (χ1v) is 5.55. The highest BCUT2D eigenvalue weighted by atomic mass is 19.1. The van der Waals surface area contributed by atoms with Crippen molar-refractivity contribution in [1.82, 2.24) is 0 Å². The molecule has 0 unspecified atom stereocenters. The fourth-order valence-electron chi connectivity index (χ4n) is 1.82. The predicted octanol–water partition coefficient (Wildman–Crippen LogP) is 3.18. The Morgan fingerprint density at radius 2 is 1.83 bits per heavy atom. The summed E-state index contributed by atoms with van der Waals surface area (Å²) in [7, 11) is 3.35. The number of nitrogens with two attached hydrogens (primary N) is 1. The van der Waals surface area contributed by atoms with Gasteiger partial charge in [-0.1, -0.05) is 12.1 Å². The molecule has 0 bridgehead atoms. The molecule has 0 amide bonds. The molecule has 94 valence electrons. The maximum atomic E-state index is 13.7. The normalized spacial score (nSPS) is 10.2. The largest absolute Gasteiger partial charge is 0.497 e. The van der Waals surface area contributed by atoms with Crippen molar-refractivity contribution < 1.29 is 9.13 Å². The van der Waals surface area contributed by atoms with Crippen molar-refractivity contribution in [3.8, 4) is 5.75 Å². The molecule has 0 heterocycles. The van der Waals surface area contributed by atoms with Crippen molar-refractivity contribution in [3.05, 3.63) is 48.3 Å². The lowest BCUT2D eigenvalue weighted by atomic mass is 10.2. The first-order chi connectivity index (χ1) is 8.63. The van der Waals surface area contributed by atoms with Gasteiger partial charge in [0, 0.05) is 13.1 Å². The average molecular weight is 246 g/mol. The number of methoxy groups -OCH3 is 1. The van der Waals surface area contributed by atoms with Gasteiger partial charge >= 0.3 is 0 Å². The molecule has 0 radical (unpaired) electrons. The number of para-hydroxylation sites is 1. The lowest BCUT2D eigenvalue weighted by molar-refractivity contribution is 0.415. The highest BCUT2D eigenvalue weighted by Gasteiger charge is 2.11. The first-order valence-electron chi connectivity index (χ1n) is 5.55. The molecule has 0 aromatic heterocycles. The Hall–Kier alpha value is -2.23. The highest BCUT2D eigenvalue weighted by molar-refractivity contribution is 5.75. The summed E-state index contributed by atoms with van der Waals surface area (Å²) in [6.45, 7) is 0. The number of nitrogens with zero attached hydrogens (tertiary/aromatic N) is 1. The first kappa shape index (κ1) is 12.2. The van der Waals surface area contributed by atoms with Crippen LogP contribution in [0, 0.1) is 5.82 Å². The van der Waals surface area contributed by atoms with E-state index in [1.165, 1.54) is 6.07 Å². The van der Waals surface area contributed by atoms with Crippen LogP contribution in [0.5, 0.6) is 5.75 Å². The third-order valence-corrected chi connectivity index (χ3v) is 2.81. The van der Waals surface area contributed by atoms with E-state index in [2.05, 4.69) is 0 Å². The van der Waals surface area contributed by atoms with Gasteiger partial charge in [-0.05, 0) is 24.3 Å². The Kier molecular flexibility index (Phi) is 3.37. The molecule has 2 aromatic carbocycles. The summed E-state index contributed by atoms with van der Waals surface area (Å²) < 4.78 is 18.8. The Morgan fingerprint density at radius 1 is 1.11 bits per heavy atom. The summed E-state index contributed by atoms with van der Waals surface area (Å²) in [5.74, 6) is 0.397. The average Bonchev–Trinajstić information content (AvgIpc) is 2.38. The fourth-order valence-corrected chi connectivity index (χ4v) is 1.82. The maximum absolute atomic E-state index is 13.7. The lowest BCUT2D eigenvalue weighted by Crippen LogP contribution is -2.13. The van der Waals surface area contributed by atoms with Crippen molar-refractivity contribution >= 4 is 17.1 Å². The third kappa shape index (κ3) is 2.22. The second-order valence-electron chi connectivity index (χ2n) is 3.94. The Bertz CT molecular complexity index is 557. The number of benzene rings is 2. The van der Waals surface area contributed by atoms with E-state index in [1.807, 2.05) is 0 Å². The van der Waals surface area contributed by atoms with E-state index in [0.717, 1.165) is 5.69 Å². The molecule has 2 aromatic rings. The van der Waals surface area contributed by atoms with Gasteiger partial charge in [0.2, 0.25) is 0 Å². The van der Waals surface area contributed by atoms with Crippen molar-refractivity contribution in [2.75, 3.05) is 24.8 Å². The van der Waals surface area contributed by atoms with Gasteiger partial charge in [0.25, 0.3) is 0 Å². The van der Waals surface area contributed by atoms with Gasteiger partial charge in [0.15, 0.2) is 0 Å². The summed E-state index contributed by atoms with van der Waals surface area (Å²) in [6.07, 6.45) is 0. The van der Waals surface area contributed by atoms with Crippen molar-refractivity contribution in [3.63, 3.8) is 0 Å². The molecule has 0 aliphatic rings. The van der Waals surface area contributed by atoms with E-state index in [-0.39, 0.29) is 5.82 Å². The van der Waals surface area contributed by atoms with Crippen molar-refractivity contribution in [2.24, 2.45) is 0 Å². The summed E-state index contributed by atoms with van der Waals surface area (Å²) in [6, 6.07) is 11.9. The van der Waals surface area contributed by atoms with Crippen LogP contribution in [0.4, 0.5) is 21.5 Å². The maximum Gasteiger partial charge on any atom is 0.146 e. The smallest absolute Gasteiger partial charge is 0.146 e. The van der Waals surface area contributed by atoms with Crippen LogP contribution in [0.25, 0.3) is 0 Å². The number of anilines is 3. The molecule has 0 spiro atoms. The van der Waals surface area contributed by atoms with E-state index in [1.54, 1.807) is 55.5 Å². The minimum absolute atomic E-state index is 0.282. The van der Waals surface area contributed by atoms with Gasteiger partial charge in [-0.25, -0.2) is 4.39 Å². The Balaban J connectivity index is 2.40. The number of ether oxygens (including phenoxy) is 1. The summed E-state index contributed by atoms with van der Waals surface area (Å²) >= 11 is 0. The topological polar surface area (TPSA) is 38.5 Å². The molecule has 4 heteroatoms. The minimum Gasteiger partial charge on any atom is -0.497 e. The zero-order chi connectivity index (χ0) is 13.1. The van der Waals surface area contributed by atoms with E-state index < -0.39 is 0 Å². The van der Waals surface area contributed by atoms with Crippen LogP contribution in [0.15, 0.2) is 42.5 Å². The quantitative estimate of drug-likeness (QED) is 0.845. The predicted molar refractivity (Wildman–Crippen MR) is 71.9 cm³/mol. The molecule has 0 fully saturated rings. The SMILES string of the molecule is COc1ccc(N(C)c2ccccc2F)c(N)c1. The summed E-state index contributed by atoms with van der Waals surface area (Å²) in [4.78, 5) is 1.71. The molecule has 0 saturated heterocycles. The molecule has 0 aliphatic heterocycles. The van der Waals surface area contributed by atoms with Gasteiger partial charge < -0.3 is 15.4 Å². The van der Waals surface area contributed by atoms with E-state index >= 15 is 0 Å². The molecular weight excluding hydrogens is 231 g/mol. The molecular formula is C14H15FN2O. The number of halogens is 1. The second-order valence-corrected chi connectivity index (χ2v) is 3.94. The number of rotatable bonds is 3. The standard InChI is InChI=1S/C14H15FN2O/c1-17(13-6-4-3-5-11(13)15)14-8-7-10(18-2)9-12(14)16/h3-9H,16H2,1-2H3. The van der Waals surface area contributed by atoms with Crippen LogP contribution in [-0.4, -0.2) is 14.2 Å². The summed E-state index contributed by atoms with van der Waals surface area (Å²) in [5.41, 5.74) is 7.70. The van der Waals surface area contributed by atoms with Crippen LogP contribution >= 0.6 is 0 Å². The lowest BCUT2D eigenvalue weighted by Gasteiger charge is -2.22. The van der Waals surface area contributed by atoms with Crippen LogP contribution in [0.2, 0.25) is 0 Å². The molecule has 18 heavy (non-hydrogen) atoms. The molecule has 0 aliphatic carbocycles. The van der Waals surface area contributed by atoms with Crippen LogP contribution < -0.4 is 15.4 Å². The van der Waals surface area contributed by atoms with Crippen LogP contribution in [-0.2, 0) is 0 Å². The number of hydrogen-bond donors (Lipinski definition) is 1. The van der Waals surface area contributed by atoms with Crippen molar-refractivity contribution in [1.29, 1.82) is 0 Å². The van der Waals surface area contributed by atoms with Gasteiger partial charge in [-0.2, -0.15) is 0 Å². The molecule has 0 atom stereocenters. The zero-order valence-electron chi connectivity index (χ0n) is 10.4. The zero-order valence-corrected chi connectivity index (χ0v) is 10.4. The van der Waals surface area contributed by atoms with Crippen LogP contribution in [0.1, 0.15) is 0 Å². The fraction of sp³-hybridized carbons (Fsp3) is 0.143. The molecule has 3 nitrogen and oxygen atoms in total. The van der Waals surface area contributed by atoms with Crippen LogP contribution in [0.3, 0.4) is 0 Å². The Labute approximate surface area is 106 Å². The van der Waals surface area contributed by atoms with Crippen molar-refractivity contribution in [2.45, 2.75) is 0 Å². The van der Waals surface area contributed by atoms with Gasteiger partial charge in [-0.15, -0.1) is 0 Å². The van der Waals surface area contributed by atoms with E-state index in [4.69, 9.17) is 10.5 Å². The number of nitrogen functional groups attached to an aromatic ring is 1.